The van der Waals surface area contributed by atoms with Gasteiger partial charge in [0.25, 0.3) is 11.5 Å². The molecule has 186 valence electrons. The van der Waals surface area contributed by atoms with Gasteiger partial charge in [0.2, 0.25) is 0 Å². The van der Waals surface area contributed by atoms with E-state index in [-0.39, 0.29) is 17.9 Å². The molecule has 1 N–H and O–H groups in total. The molecule has 2 aromatic rings. The molecule has 2 aromatic heterocycles. The Morgan fingerprint density at radius 2 is 1.94 bits per heavy atom. The minimum absolute atomic E-state index is 0.119. The summed E-state index contributed by atoms with van der Waals surface area (Å²) in [5.41, 5.74) is 0.761. The van der Waals surface area contributed by atoms with Crippen molar-refractivity contribution in [3.63, 3.8) is 0 Å². The number of aliphatic carboxylic acids is 1. The van der Waals surface area contributed by atoms with E-state index >= 15 is 0 Å². The third-order valence-electron chi connectivity index (χ3n) is 6.34. The molecule has 2 aliphatic heterocycles. The van der Waals surface area contributed by atoms with Gasteiger partial charge in [0.1, 0.15) is 15.8 Å². The minimum Gasteiger partial charge on any atom is -0.481 e. The number of hydrogen-bond acceptors (Lipinski definition) is 7. The van der Waals surface area contributed by atoms with Crippen LogP contribution < -0.4 is 10.5 Å². The van der Waals surface area contributed by atoms with Gasteiger partial charge in [0.05, 0.1) is 10.5 Å². The van der Waals surface area contributed by atoms with Crippen molar-refractivity contribution in [2.75, 3.05) is 24.5 Å². The van der Waals surface area contributed by atoms with Gasteiger partial charge in [-0.15, -0.1) is 0 Å². The number of piperidine rings is 1. The van der Waals surface area contributed by atoms with Crippen molar-refractivity contribution in [1.82, 2.24) is 14.3 Å². The molecule has 0 spiro atoms. The Labute approximate surface area is 214 Å². The smallest absolute Gasteiger partial charge is 0.303 e. The highest BCUT2D eigenvalue weighted by atomic mass is 32.2. The lowest BCUT2D eigenvalue weighted by molar-refractivity contribution is -0.137. The lowest BCUT2D eigenvalue weighted by Crippen LogP contribution is -2.40. The lowest BCUT2D eigenvalue weighted by Gasteiger charge is -2.36. The Hall–Kier alpha value is -2.72. The van der Waals surface area contributed by atoms with Crippen LogP contribution in [0.2, 0.25) is 0 Å². The summed E-state index contributed by atoms with van der Waals surface area (Å²) in [4.78, 5) is 46.4. The summed E-state index contributed by atoms with van der Waals surface area (Å²) in [7, 11) is 0. The van der Waals surface area contributed by atoms with Gasteiger partial charge >= 0.3 is 5.97 Å². The average molecular weight is 515 g/mol. The number of pyridine rings is 1. The first kappa shape index (κ1) is 25.4. The van der Waals surface area contributed by atoms with Crippen LogP contribution in [0.5, 0.6) is 0 Å². The second-order valence-electron chi connectivity index (χ2n) is 9.47. The predicted molar refractivity (Wildman–Crippen MR) is 143 cm³/mol. The molecule has 2 fully saturated rings. The number of carboxylic acids is 1. The van der Waals surface area contributed by atoms with Gasteiger partial charge in [-0.1, -0.05) is 50.3 Å². The van der Waals surface area contributed by atoms with Crippen LogP contribution in [-0.2, 0) is 9.59 Å². The zero-order valence-corrected chi connectivity index (χ0v) is 21.6. The third kappa shape index (κ3) is 5.75. The SMILES string of the molecule is CC1CC(C)CN(c2nc3ccccn3c(=O)c2/C=C2/SC(=S)N(CCCCCC(=O)O)C2=O)C1. The molecule has 8 nitrogen and oxygen atoms in total. The van der Waals surface area contributed by atoms with Crippen molar-refractivity contribution in [2.45, 2.75) is 46.0 Å². The number of carbonyl (C=O) groups is 2. The van der Waals surface area contributed by atoms with E-state index in [2.05, 4.69) is 18.7 Å². The van der Waals surface area contributed by atoms with Crippen LogP contribution in [0.1, 0.15) is 51.5 Å². The van der Waals surface area contributed by atoms with E-state index in [0.29, 0.717) is 63.9 Å². The highest BCUT2D eigenvalue weighted by Crippen LogP contribution is 2.34. The summed E-state index contributed by atoms with van der Waals surface area (Å²) in [6.07, 6.45) is 6.52. The largest absolute Gasteiger partial charge is 0.481 e. The van der Waals surface area contributed by atoms with Crippen molar-refractivity contribution < 1.29 is 14.7 Å². The lowest BCUT2D eigenvalue weighted by atomic mass is 9.91. The van der Waals surface area contributed by atoms with Gasteiger partial charge < -0.3 is 10.0 Å². The fraction of sp³-hybridized carbons (Fsp3) is 0.480. The van der Waals surface area contributed by atoms with Gasteiger partial charge in [-0.2, -0.15) is 0 Å². The van der Waals surface area contributed by atoms with Gasteiger partial charge in [-0.25, -0.2) is 4.98 Å². The van der Waals surface area contributed by atoms with Crippen molar-refractivity contribution in [3.05, 3.63) is 45.2 Å². The second kappa shape index (κ2) is 10.9. The molecular formula is C25H30N4O4S2. The molecule has 2 saturated heterocycles. The zero-order valence-electron chi connectivity index (χ0n) is 20.0. The first-order valence-electron chi connectivity index (χ1n) is 12.0. The van der Waals surface area contributed by atoms with E-state index in [4.69, 9.17) is 22.3 Å². The molecule has 2 aliphatic rings. The standard InChI is InChI=1S/C25H30N4O4S2/c1-16-12-17(2)15-27(14-16)22-18(23(32)28-10-7-5-8-20(28)26-22)13-19-24(33)29(25(34)35-19)11-6-3-4-9-21(30)31/h5,7-8,10,13,16-17H,3-4,6,9,11-12,14-15H2,1-2H3,(H,30,31)/b19-13+. The molecule has 10 heteroatoms. The van der Waals surface area contributed by atoms with Crippen LogP contribution in [0.15, 0.2) is 34.1 Å². The molecule has 0 bridgehead atoms. The summed E-state index contributed by atoms with van der Waals surface area (Å²) in [5.74, 6) is 0.520. The Morgan fingerprint density at radius 1 is 1.20 bits per heavy atom. The number of amides is 1. The number of unbranched alkanes of at least 4 members (excludes halogenated alkanes) is 2. The molecule has 4 rings (SSSR count). The number of anilines is 1. The topological polar surface area (TPSA) is 95.2 Å². The number of carboxylic acid groups (broad SMARTS) is 1. The highest BCUT2D eigenvalue weighted by Gasteiger charge is 2.33. The number of thiocarbonyl (C=S) groups is 1. The summed E-state index contributed by atoms with van der Waals surface area (Å²) < 4.78 is 1.96. The van der Waals surface area contributed by atoms with Crippen molar-refractivity contribution in [3.8, 4) is 0 Å². The molecule has 0 aliphatic carbocycles. The number of rotatable bonds is 8. The molecule has 35 heavy (non-hydrogen) atoms. The third-order valence-corrected chi connectivity index (χ3v) is 7.72. The van der Waals surface area contributed by atoms with Crippen LogP contribution in [0.25, 0.3) is 11.7 Å². The van der Waals surface area contributed by atoms with Gasteiger partial charge in [0.15, 0.2) is 0 Å². The van der Waals surface area contributed by atoms with E-state index in [1.807, 2.05) is 12.1 Å². The van der Waals surface area contributed by atoms with Crippen molar-refractivity contribution in [2.24, 2.45) is 11.8 Å². The average Bonchev–Trinajstić information content (AvgIpc) is 3.07. The number of nitrogens with zero attached hydrogens (tertiary/aromatic N) is 4. The Bertz CT molecular complexity index is 1230. The molecule has 0 saturated carbocycles. The van der Waals surface area contributed by atoms with Crippen LogP contribution in [0.3, 0.4) is 0 Å². The highest BCUT2D eigenvalue weighted by molar-refractivity contribution is 8.26. The van der Waals surface area contributed by atoms with Gasteiger partial charge in [0, 0.05) is 32.3 Å². The van der Waals surface area contributed by atoms with Crippen LogP contribution >= 0.6 is 24.0 Å². The quantitative estimate of drug-likeness (QED) is 0.321. The normalized spacial score (nSPS) is 21.9. The first-order valence-corrected chi connectivity index (χ1v) is 13.2. The van der Waals surface area contributed by atoms with E-state index in [0.717, 1.165) is 19.5 Å². The maximum Gasteiger partial charge on any atom is 0.303 e. The Kier molecular flexibility index (Phi) is 7.91. The molecule has 2 atom stereocenters. The van der Waals surface area contributed by atoms with Crippen molar-refractivity contribution in [1.29, 1.82) is 0 Å². The molecule has 0 aromatic carbocycles. The first-order chi connectivity index (χ1) is 16.7. The second-order valence-corrected chi connectivity index (χ2v) is 11.1. The fourth-order valence-electron chi connectivity index (χ4n) is 4.84. The molecule has 4 heterocycles. The van der Waals surface area contributed by atoms with E-state index in [9.17, 15) is 14.4 Å². The molecular weight excluding hydrogens is 484 g/mol. The van der Waals surface area contributed by atoms with Gasteiger partial charge in [-0.3, -0.25) is 23.7 Å². The zero-order chi connectivity index (χ0) is 25.1. The Morgan fingerprint density at radius 3 is 2.66 bits per heavy atom. The van der Waals surface area contributed by atoms with Crippen LogP contribution in [0, 0.1) is 11.8 Å². The summed E-state index contributed by atoms with van der Waals surface area (Å²) in [6, 6.07) is 5.46. The summed E-state index contributed by atoms with van der Waals surface area (Å²) >= 11 is 6.65. The molecule has 1 amide bonds. The summed E-state index contributed by atoms with van der Waals surface area (Å²) in [6.45, 7) is 6.45. The summed E-state index contributed by atoms with van der Waals surface area (Å²) in [5, 5.41) is 8.79. The minimum atomic E-state index is -0.817. The molecule has 0 radical (unpaired) electrons. The maximum absolute atomic E-state index is 13.5. The van der Waals surface area contributed by atoms with Gasteiger partial charge in [-0.05, 0) is 49.3 Å². The van der Waals surface area contributed by atoms with E-state index in [1.54, 1.807) is 23.2 Å². The van der Waals surface area contributed by atoms with E-state index in [1.165, 1.54) is 16.2 Å². The predicted octanol–water partition coefficient (Wildman–Crippen LogP) is 4.02. The fourth-order valence-corrected chi connectivity index (χ4v) is 6.13. The Balaban J connectivity index is 1.65. The number of carbonyl (C=O) groups excluding carboxylic acids is 1. The van der Waals surface area contributed by atoms with Crippen LogP contribution in [-0.4, -0.2) is 55.2 Å². The number of fused-ring (bicyclic) bond motifs is 1. The number of thioether (sulfide) groups is 1. The number of hydrogen-bond donors (Lipinski definition) is 1. The van der Waals surface area contributed by atoms with E-state index < -0.39 is 5.97 Å². The molecule has 2 unspecified atom stereocenters. The monoisotopic (exact) mass is 514 g/mol. The van der Waals surface area contributed by atoms with Crippen molar-refractivity contribution >= 4 is 57.7 Å². The maximum atomic E-state index is 13.5. The number of aromatic nitrogens is 2. The van der Waals surface area contributed by atoms with Crippen LogP contribution in [0.4, 0.5) is 5.82 Å².